The minimum atomic E-state index is -0.288. The van der Waals surface area contributed by atoms with Crippen molar-refractivity contribution in [3.8, 4) is 16.9 Å². The molecule has 1 amide bonds. The highest BCUT2D eigenvalue weighted by atomic mass is 16.6. The molecule has 1 saturated heterocycles. The van der Waals surface area contributed by atoms with Crippen molar-refractivity contribution in [1.82, 2.24) is 9.88 Å². The fraction of sp³-hybridized carbons (Fsp3) is 0.286. The highest BCUT2D eigenvalue weighted by Gasteiger charge is 2.40. The van der Waals surface area contributed by atoms with Gasteiger partial charge in [-0.3, -0.25) is 9.88 Å². The van der Waals surface area contributed by atoms with E-state index >= 15 is 0 Å². The summed E-state index contributed by atoms with van der Waals surface area (Å²) in [5.74, 6) is 0.781. The summed E-state index contributed by atoms with van der Waals surface area (Å²) in [6.45, 7) is 1.24. The summed E-state index contributed by atoms with van der Waals surface area (Å²) in [7, 11) is 1.65. The number of hydrogen-bond acceptors (Lipinski definition) is 5. The molecule has 2 atom stereocenters. The molecule has 6 nitrogen and oxygen atoms in total. The van der Waals surface area contributed by atoms with Crippen LogP contribution in [0.2, 0.25) is 0 Å². The molecular weight excluding hydrogens is 428 g/mol. The first kappa shape index (κ1) is 20.9. The van der Waals surface area contributed by atoms with Gasteiger partial charge in [-0.2, -0.15) is 0 Å². The SMILES string of the molecule is COc1cccnc1C1=CC2COCC(C1)N2C(=O)OCC1c2ccccc2-c2ccccc21. The van der Waals surface area contributed by atoms with Crippen LogP contribution in [0.15, 0.2) is 72.9 Å². The van der Waals surface area contributed by atoms with Crippen LogP contribution in [0.3, 0.4) is 0 Å². The van der Waals surface area contributed by atoms with Gasteiger partial charge in [0.25, 0.3) is 0 Å². The van der Waals surface area contributed by atoms with E-state index in [9.17, 15) is 4.79 Å². The summed E-state index contributed by atoms with van der Waals surface area (Å²) in [5, 5.41) is 0. The Bertz CT molecular complexity index is 1230. The topological polar surface area (TPSA) is 60.9 Å². The van der Waals surface area contributed by atoms with Crippen LogP contribution in [-0.4, -0.2) is 55.0 Å². The number of carbonyl (C=O) groups is 1. The predicted molar refractivity (Wildman–Crippen MR) is 129 cm³/mol. The lowest BCUT2D eigenvalue weighted by Gasteiger charge is -2.43. The molecule has 6 rings (SSSR count). The molecular formula is C28H26N2O4. The lowest BCUT2D eigenvalue weighted by Crippen LogP contribution is -2.56. The second-order valence-electron chi connectivity index (χ2n) is 8.92. The number of aromatic nitrogens is 1. The fourth-order valence-corrected chi connectivity index (χ4v) is 5.52. The number of pyridine rings is 1. The summed E-state index contributed by atoms with van der Waals surface area (Å²) >= 11 is 0. The molecule has 6 heteroatoms. The van der Waals surface area contributed by atoms with Gasteiger partial charge in [0, 0.05) is 12.1 Å². The maximum absolute atomic E-state index is 13.3. The molecule has 3 aliphatic rings. The van der Waals surface area contributed by atoms with E-state index in [2.05, 4.69) is 47.5 Å². The van der Waals surface area contributed by atoms with Crippen molar-refractivity contribution >= 4 is 11.7 Å². The van der Waals surface area contributed by atoms with Gasteiger partial charge in [-0.1, -0.05) is 54.6 Å². The predicted octanol–water partition coefficient (Wildman–Crippen LogP) is 4.90. The van der Waals surface area contributed by atoms with Gasteiger partial charge in [0.05, 0.1) is 32.4 Å². The van der Waals surface area contributed by atoms with Gasteiger partial charge in [0.2, 0.25) is 0 Å². The number of nitrogens with zero attached hydrogens (tertiary/aromatic N) is 2. The van der Waals surface area contributed by atoms with Gasteiger partial charge < -0.3 is 14.2 Å². The molecule has 0 radical (unpaired) electrons. The number of carbonyl (C=O) groups excluding carboxylic acids is 1. The molecule has 2 aromatic carbocycles. The summed E-state index contributed by atoms with van der Waals surface area (Å²) < 4.78 is 17.3. The van der Waals surface area contributed by atoms with Gasteiger partial charge >= 0.3 is 6.09 Å². The minimum absolute atomic E-state index is 0.0427. The molecule has 0 N–H and O–H groups in total. The van der Waals surface area contributed by atoms with E-state index in [4.69, 9.17) is 14.2 Å². The zero-order valence-corrected chi connectivity index (χ0v) is 19.0. The molecule has 1 aromatic heterocycles. The molecule has 3 aromatic rings. The highest BCUT2D eigenvalue weighted by Crippen LogP contribution is 2.44. The second-order valence-corrected chi connectivity index (χ2v) is 8.92. The quantitative estimate of drug-likeness (QED) is 0.561. The minimum Gasteiger partial charge on any atom is -0.494 e. The molecule has 2 unspecified atom stereocenters. The maximum atomic E-state index is 13.3. The summed E-state index contributed by atoms with van der Waals surface area (Å²) in [4.78, 5) is 19.7. The van der Waals surface area contributed by atoms with Crippen LogP contribution in [0.4, 0.5) is 4.79 Å². The Morgan fingerprint density at radius 3 is 2.47 bits per heavy atom. The Hall–Kier alpha value is -3.64. The molecule has 2 aliphatic heterocycles. The number of rotatable bonds is 4. The van der Waals surface area contributed by atoms with Crippen LogP contribution in [0.25, 0.3) is 16.7 Å². The Balaban J connectivity index is 1.23. The van der Waals surface area contributed by atoms with Gasteiger partial charge in [-0.25, -0.2) is 4.79 Å². The number of morpholine rings is 1. The van der Waals surface area contributed by atoms with Crippen LogP contribution >= 0.6 is 0 Å². The highest BCUT2D eigenvalue weighted by molar-refractivity contribution is 5.79. The molecule has 0 saturated carbocycles. The molecule has 34 heavy (non-hydrogen) atoms. The van der Waals surface area contributed by atoms with Crippen LogP contribution in [0.1, 0.15) is 29.2 Å². The van der Waals surface area contributed by atoms with Crippen LogP contribution < -0.4 is 4.74 Å². The lowest BCUT2D eigenvalue weighted by molar-refractivity contribution is -0.0332. The Labute approximate surface area is 198 Å². The zero-order valence-electron chi connectivity index (χ0n) is 19.0. The fourth-order valence-electron chi connectivity index (χ4n) is 5.52. The first-order valence-electron chi connectivity index (χ1n) is 11.7. The normalized spacial score (nSPS) is 20.9. The number of hydrogen-bond donors (Lipinski definition) is 0. The smallest absolute Gasteiger partial charge is 0.410 e. The van der Waals surface area contributed by atoms with Crippen molar-refractivity contribution in [2.75, 3.05) is 26.9 Å². The largest absolute Gasteiger partial charge is 0.494 e. The van der Waals surface area contributed by atoms with Crippen molar-refractivity contribution in [3.05, 3.63) is 89.8 Å². The third kappa shape index (κ3) is 3.46. The van der Waals surface area contributed by atoms with E-state index in [1.165, 1.54) is 22.3 Å². The van der Waals surface area contributed by atoms with Crippen molar-refractivity contribution in [1.29, 1.82) is 0 Å². The number of amides is 1. The average Bonchev–Trinajstić information content (AvgIpc) is 3.20. The van der Waals surface area contributed by atoms with Crippen LogP contribution in [0, 0.1) is 0 Å². The van der Waals surface area contributed by atoms with E-state index in [0.29, 0.717) is 26.2 Å². The van der Waals surface area contributed by atoms with Crippen LogP contribution in [-0.2, 0) is 9.47 Å². The standard InChI is InChI=1S/C28H26N2O4/c1-32-26-11-6-12-29-27(26)18-13-19-15-33-16-20(14-18)30(19)28(31)34-17-25-23-9-4-2-7-21(23)22-8-3-5-10-24(22)25/h2-13,19-20,25H,14-17H2,1H3. The third-order valence-corrected chi connectivity index (χ3v) is 7.04. The first-order chi connectivity index (χ1) is 16.7. The second kappa shape index (κ2) is 8.61. The van der Waals surface area contributed by atoms with Crippen molar-refractivity contribution in [2.24, 2.45) is 0 Å². The summed E-state index contributed by atoms with van der Waals surface area (Å²) in [6, 6.07) is 20.2. The number of benzene rings is 2. The lowest BCUT2D eigenvalue weighted by atomic mass is 9.92. The molecule has 1 fully saturated rings. The van der Waals surface area contributed by atoms with Gasteiger partial charge in [0.1, 0.15) is 18.1 Å². The van der Waals surface area contributed by atoms with Crippen molar-refractivity contribution in [3.63, 3.8) is 0 Å². The molecule has 3 heterocycles. The number of methoxy groups -OCH3 is 1. The van der Waals surface area contributed by atoms with E-state index in [1.807, 2.05) is 29.2 Å². The van der Waals surface area contributed by atoms with Crippen molar-refractivity contribution in [2.45, 2.75) is 24.4 Å². The molecule has 1 aliphatic carbocycles. The third-order valence-electron chi connectivity index (χ3n) is 7.04. The van der Waals surface area contributed by atoms with Gasteiger partial charge in [-0.15, -0.1) is 0 Å². The van der Waals surface area contributed by atoms with E-state index in [-0.39, 0.29) is 24.1 Å². The molecule has 0 spiro atoms. The van der Waals surface area contributed by atoms with Crippen LogP contribution in [0.5, 0.6) is 5.75 Å². The maximum Gasteiger partial charge on any atom is 0.410 e. The average molecular weight is 455 g/mol. The Kier molecular flexibility index (Phi) is 5.30. The van der Waals surface area contributed by atoms with E-state index < -0.39 is 0 Å². The molecule has 2 bridgehead atoms. The number of fused-ring (bicyclic) bond motifs is 5. The van der Waals surface area contributed by atoms with Gasteiger partial charge in [-0.05, 0) is 46.4 Å². The first-order valence-corrected chi connectivity index (χ1v) is 11.7. The monoisotopic (exact) mass is 454 g/mol. The van der Waals surface area contributed by atoms with Gasteiger partial charge in [0.15, 0.2) is 0 Å². The Morgan fingerprint density at radius 1 is 1.03 bits per heavy atom. The number of ether oxygens (including phenoxy) is 3. The zero-order chi connectivity index (χ0) is 23.1. The Morgan fingerprint density at radius 2 is 1.76 bits per heavy atom. The van der Waals surface area contributed by atoms with E-state index in [0.717, 1.165) is 17.0 Å². The summed E-state index contributed by atoms with van der Waals surface area (Å²) in [5.41, 5.74) is 6.78. The molecule has 172 valence electrons. The van der Waals surface area contributed by atoms with Crippen molar-refractivity contribution < 1.29 is 19.0 Å². The summed E-state index contributed by atoms with van der Waals surface area (Å²) in [6.07, 6.45) is 4.20. The van der Waals surface area contributed by atoms with E-state index in [1.54, 1.807) is 13.3 Å².